The van der Waals surface area contributed by atoms with Gasteiger partial charge in [0.25, 0.3) is 0 Å². The summed E-state index contributed by atoms with van der Waals surface area (Å²) in [6.07, 6.45) is 2.00. The first-order valence-electron chi connectivity index (χ1n) is 18.5. The van der Waals surface area contributed by atoms with Crippen molar-refractivity contribution in [3.05, 3.63) is 127 Å². The van der Waals surface area contributed by atoms with Crippen molar-refractivity contribution in [2.45, 2.75) is 76.7 Å². The summed E-state index contributed by atoms with van der Waals surface area (Å²) in [6, 6.07) is 40.3. The third-order valence-electron chi connectivity index (χ3n) is 9.68. The molecular formula is C46H47GeIrN3O-2. The molecule has 267 valence electrons. The molecule has 8 rings (SSSR count). The summed E-state index contributed by atoms with van der Waals surface area (Å²) in [7, 11) is 0. The molecule has 3 heterocycles. The number of fused-ring (bicyclic) bond motifs is 6. The second-order valence-electron chi connectivity index (χ2n) is 15.3. The van der Waals surface area contributed by atoms with E-state index in [-0.39, 0.29) is 26.1 Å². The molecule has 0 saturated carbocycles. The Bertz CT molecular complexity index is 2560. The molecule has 0 spiro atoms. The molecule has 52 heavy (non-hydrogen) atoms. The molecule has 1 radical (unpaired) electrons. The van der Waals surface area contributed by atoms with Crippen molar-refractivity contribution in [1.82, 2.24) is 14.5 Å². The van der Waals surface area contributed by atoms with Crippen molar-refractivity contribution in [2.24, 2.45) is 0 Å². The predicted octanol–water partition coefficient (Wildman–Crippen LogP) is 12.5. The van der Waals surface area contributed by atoms with E-state index in [9.17, 15) is 0 Å². The number of hydrogen-bond donors (Lipinski definition) is 0. The van der Waals surface area contributed by atoms with Crippen LogP contribution in [-0.4, -0.2) is 27.8 Å². The zero-order valence-electron chi connectivity index (χ0n) is 32.6. The minimum Gasteiger partial charge on any atom is 0 e. The van der Waals surface area contributed by atoms with Crippen LogP contribution in [0.15, 0.2) is 108 Å². The summed E-state index contributed by atoms with van der Waals surface area (Å²) < 4.78 is 18.5. The Kier molecular flexibility index (Phi) is 10.6. The Morgan fingerprint density at radius 1 is 0.788 bits per heavy atom. The van der Waals surface area contributed by atoms with Crippen LogP contribution in [0.4, 0.5) is 0 Å². The van der Waals surface area contributed by atoms with Crippen LogP contribution in [0.3, 0.4) is 0 Å². The second kappa shape index (κ2) is 15.1. The fourth-order valence-electron chi connectivity index (χ4n) is 6.98. The van der Waals surface area contributed by atoms with Crippen molar-refractivity contribution >= 4 is 61.4 Å². The van der Waals surface area contributed by atoms with Gasteiger partial charge >= 0.3 is 120 Å². The van der Waals surface area contributed by atoms with Gasteiger partial charge in [0.2, 0.25) is 0 Å². The van der Waals surface area contributed by atoms with Crippen LogP contribution in [0, 0.1) is 12.1 Å². The molecule has 0 aliphatic carbocycles. The molecule has 0 aliphatic heterocycles. The number of furan rings is 1. The summed E-state index contributed by atoms with van der Waals surface area (Å²) in [5.74, 6) is 7.80. The number of nitrogens with zero attached hydrogens (tertiary/aromatic N) is 3. The fourth-order valence-corrected chi connectivity index (χ4v) is 10.3. The normalized spacial score (nSPS) is 12.4. The topological polar surface area (TPSA) is 43.9 Å². The van der Waals surface area contributed by atoms with Crippen LogP contribution in [0.1, 0.15) is 71.9 Å². The van der Waals surface area contributed by atoms with E-state index in [4.69, 9.17) is 10.8 Å². The molecule has 5 aromatic carbocycles. The molecular weight excluding hydrogens is 875 g/mol. The number of pyridine rings is 1. The zero-order chi connectivity index (χ0) is 36.9. The Morgan fingerprint density at radius 3 is 2.25 bits per heavy atom. The van der Waals surface area contributed by atoms with E-state index in [1.54, 1.807) is 0 Å². The van der Waals surface area contributed by atoms with Crippen LogP contribution < -0.4 is 4.40 Å². The van der Waals surface area contributed by atoms with E-state index in [1.165, 1.54) is 20.7 Å². The van der Waals surface area contributed by atoms with Gasteiger partial charge in [0.05, 0.1) is 22.4 Å². The largest absolute Gasteiger partial charge is 0 e. The molecule has 0 atom stereocenters. The minimum absolute atomic E-state index is 0. The number of rotatable bonds is 6. The molecule has 0 amide bonds. The SMILES string of the molecule is CC(C)c1ccc2c(c1)oc1c(-c3nc4c5ccccc5ccc4n3C(C)C)[c-]ccc12.[2H]C(C)(C)c1cc(-c2[c-]cccc2)nc[c]1[Ge]([CH3])([CH3])[CH3].[Ir]. The van der Waals surface area contributed by atoms with E-state index in [1.807, 2.05) is 50.4 Å². The predicted molar refractivity (Wildman–Crippen MR) is 219 cm³/mol. The first-order valence-corrected chi connectivity index (χ1v) is 25.3. The smallest absolute Gasteiger partial charge is 0 e. The maximum atomic E-state index is 8.44. The Morgan fingerprint density at radius 2 is 1.56 bits per heavy atom. The van der Waals surface area contributed by atoms with Gasteiger partial charge in [-0.2, -0.15) is 0 Å². The quantitative estimate of drug-likeness (QED) is 0.123. The molecule has 0 saturated heterocycles. The van der Waals surface area contributed by atoms with Gasteiger partial charge in [0, 0.05) is 36.9 Å². The van der Waals surface area contributed by atoms with Crippen molar-refractivity contribution in [3.8, 4) is 22.6 Å². The van der Waals surface area contributed by atoms with Gasteiger partial charge in [-0.25, -0.2) is 0 Å². The monoisotopic (exact) mass is 925 g/mol. The molecule has 3 aromatic heterocycles. The van der Waals surface area contributed by atoms with Crippen LogP contribution in [-0.2, 0) is 20.1 Å². The number of hydrogen-bond acceptors (Lipinski definition) is 3. The summed E-state index contributed by atoms with van der Waals surface area (Å²) in [5, 5.41) is 4.62. The first kappa shape index (κ1) is 36.3. The van der Waals surface area contributed by atoms with Crippen molar-refractivity contribution in [2.75, 3.05) is 0 Å². The zero-order valence-corrected chi connectivity index (χ0v) is 36.0. The third-order valence-corrected chi connectivity index (χ3v) is 13.9. The van der Waals surface area contributed by atoms with Crippen LogP contribution in [0.5, 0.6) is 0 Å². The first-order chi connectivity index (χ1) is 24.7. The van der Waals surface area contributed by atoms with E-state index in [0.29, 0.717) is 5.92 Å². The molecule has 4 nitrogen and oxygen atoms in total. The summed E-state index contributed by atoms with van der Waals surface area (Å²) in [4.78, 5) is 9.79. The summed E-state index contributed by atoms with van der Waals surface area (Å²) >= 11 is -2.03. The number of benzene rings is 5. The summed E-state index contributed by atoms with van der Waals surface area (Å²) in [6.45, 7) is 12.7. The number of imidazole rings is 1. The maximum absolute atomic E-state index is 8.44. The van der Waals surface area contributed by atoms with Crippen molar-refractivity contribution in [1.29, 1.82) is 0 Å². The van der Waals surface area contributed by atoms with Gasteiger partial charge in [-0.05, 0) is 42.8 Å². The van der Waals surface area contributed by atoms with E-state index in [2.05, 4.69) is 133 Å². The van der Waals surface area contributed by atoms with Gasteiger partial charge < -0.3 is 8.98 Å². The molecule has 0 bridgehead atoms. The van der Waals surface area contributed by atoms with Crippen LogP contribution >= 0.6 is 0 Å². The van der Waals surface area contributed by atoms with Gasteiger partial charge in [-0.1, -0.05) is 67.3 Å². The Hall–Kier alpha value is -4.03. The van der Waals surface area contributed by atoms with Gasteiger partial charge in [0.15, 0.2) is 0 Å². The molecule has 0 unspecified atom stereocenters. The van der Waals surface area contributed by atoms with Crippen LogP contribution in [0.2, 0.25) is 17.3 Å². The van der Waals surface area contributed by atoms with E-state index < -0.39 is 19.2 Å². The molecule has 0 fully saturated rings. The number of aromatic nitrogens is 3. The van der Waals surface area contributed by atoms with Crippen molar-refractivity contribution in [3.63, 3.8) is 0 Å². The van der Waals surface area contributed by atoms with Crippen molar-refractivity contribution < 1.29 is 25.9 Å². The van der Waals surface area contributed by atoms with E-state index in [0.717, 1.165) is 61.2 Å². The van der Waals surface area contributed by atoms with Crippen LogP contribution in [0.25, 0.3) is 66.4 Å². The Balaban J connectivity index is 0.000000199. The molecule has 6 heteroatoms. The second-order valence-corrected chi connectivity index (χ2v) is 25.9. The molecule has 8 aromatic rings. The maximum Gasteiger partial charge on any atom is 0 e. The minimum atomic E-state index is -2.03. The average molecular weight is 924 g/mol. The molecule has 0 aliphatic rings. The van der Waals surface area contributed by atoms with Gasteiger partial charge in [0.1, 0.15) is 5.58 Å². The summed E-state index contributed by atoms with van der Waals surface area (Å²) in [5.41, 5.74) is 9.15. The van der Waals surface area contributed by atoms with Gasteiger partial charge in [-0.15, -0.1) is 18.2 Å². The fraction of sp³-hybridized carbons (Fsp3) is 0.261. The average Bonchev–Trinajstić information content (AvgIpc) is 3.70. The Labute approximate surface area is 325 Å². The van der Waals surface area contributed by atoms with E-state index >= 15 is 0 Å². The molecule has 0 N–H and O–H groups in total. The third kappa shape index (κ3) is 7.16. The standard InChI is InChI=1S/C29H25N2O.C17H22GeN.Ir/c1-17(2)20-12-14-22-23-10-7-11-24(28(23)32-26(22)16-20)29-30-27-21-9-6-5-8-19(21)13-15-25(27)31(29)18(3)4;1-13(2)15-11-17(14-9-7-6-8-10-14)19-12-16(15)18(3,4)5;/h5-10,12-18H,1-4H3;6-9,11-13H,1-5H3;/q2*-1;/i;13D;. The van der Waals surface area contributed by atoms with Gasteiger partial charge in [-0.3, -0.25) is 4.98 Å².